The first-order valence-corrected chi connectivity index (χ1v) is 5.51. The van der Waals surface area contributed by atoms with Gasteiger partial charge in [0, 0.05) is 5.56 Å². The Hall–Kier alpha value is -2.09. The van der Waals surface area contributed by atoms with Gasteiger partial charge in [-0.3, -0.25) is 4.79 Å². The molecule has 0 saturated heterocycles. The van der Waals surface area contributed by atoms with E-state index in [1.165, 1.54) is 5.56 Å². The number of aryl methyl sites for hydroxylation is 1. The average Bonchev–Trinajstić information content (AvgIpc) is 2.33. The van der Waals surface area contributed by atoms with Gasteiger partial charge in [-0.15, -0.1) is 0 Å². The Morgan fingerprint density at radius 1 is 0.882 bits per heavy atom. The van der Waals surface area contributed by atoms with Gasteiger partial charge in [-0.25, -0.2) is 0 Å². The third-order valence-electron chi connectivity index (χ3n) is 2.52. The highest BCUT2D eigenvalue weighted by atomic mass is 16.5. The van der Waals surface area contributed by atoms with E-state index in [2.05, 4.69) is 0 Å². The summed E-state index contributed by atoms with van der Waals surface area (Å²) < 4.78 is 5.66. The maximum absolute atomic E-state index is 11.1. The third kappa shape index (κ3) is 2.94. The number of hydrogen-bond donors (Lipinski definition) is 0. The first-order valence-electron chi connectivity index (χ1n) is 5.51. The predicted octanol–water partition coefficient (Wildman–Crippen LogP) is 3.99. The summed E-state index contributed by atoms with van der Waals surface area (Å²) in [7, 11) is 0. The van der Waals surface area contributed by atoms with Gasteiger partial charge in [-0.1, -0.05) is 17.7 Å². The Labute approximate surface area is 101 Å². The van der Waals surface area contributed by atoms with Crippen LogP contribution in [0.15, 0.2) is 48.5 Å². The van der Waals surface area contributed by atoms with Gasteiger partial charge in [0.15, 0.2) is 5.78 Å². The zero-order valence-corrected chi connectivity index (χ0v) is 9.94. The molecule has 0 saturated carbocycles. The summed E-state index contributed by atoms with van der Waals surface area (Å²) in [5, 5.41) is 0. The van der Waals surface area contributed by atoms with Crippen molar-refractivity contribution in [2.45, 2.75) is 13.8 Å². The van der Waals surface area contributed by atoms with Crippen LogP contribution in [-0.4, -0.2) is 5.78 Å². The summed E-state index contributed by atoms with van der Waals surface area (Å²) in [6, 6.07) is 15.0. The number of ether oxygens (including phenoxy) is 1. The van der Waals surface area contributed by atoms with Crippen LogP contribution < -0.4 is 4.74 Å². The van der Waals surface area contributed by atoms with Gasteiger partial charge in [0.2, 0.25) is 0 Å². The van der Waals surface area contributed by atoms with E-state index < -0.39 is 0 Å². The fourth-order valence-electron chi connectivity index (χ4n) is 1.50. The summed E-state index contributed by atoms with van der Waals surface area (Å²) in [6.07, 6.45) is 0. The van der Waals surface area contributed by atoms with Crippen LogP contribution in [0.25, 0.3) is 0 Å². The van der Waals surface area contributed by atoms with Gasteiger partial charge >= 0.3 is 0 Å². The Balaban J connectivity index is 2.13. The molecule has 0 unspecified atom stereocenters. The molecule has 86 valence electrons. The highest BCUT2D eigenvalue weighted by Gasteiger charge is 2.00. The number of rotatable bonds is 3. The maximum Gasteiger partial charge on any atom is 0.159 e. The van der Waals surface area contributed by atoms with Gasteiger partial charge in [0.05, 0.1) is 0 Å². The second-order valence-electron chi connectivity index (χ2n) is 4.00. The van der Waals surface area contributed by atoms with E-state index in [0.717, 1.165) is 11.5 Å². The molecule has 0 heterocycles. The monoisotopic (exact) mass is 226 g/mol. The molecule has 2 nitrogen and oxygen atoms in total. The Bertz CT molecular complexity index is 510. The Kier molecular flexibility index (Phi) is 3.24. The summed E-state index contributed by atoms with van der Waals surface area (Å²) in [4.78, 5) is 11.1. The van der Waals surface area contributed by atoms with Crippen molar-refractivity contribution in [2.24, 2.45) is 0 Å². The van der Waals surface area contributed by atoms with Gasteiger partial charge in [0.25, 0.3) is 0 Å². The van der Waals surface area contributed by atoms with Crippen LogP contribution in [0.4, 0.5) is 0 Å². The summed E-state index contributed by atoms with van der Waals surface area (Å²) in [5.74, 6) is 1.59. The van der Waals surface area contributed by atoms with E-state index in [1.54, 1.807) is 31.2 Å². The number of benzene rings is 2. The highest BCUT2D eigenvalue weighted by Crippen LogP contribution is 2.21. The molecule has 0 aliphatic heterocycles. The van der Waals surface area contributed by atoms with Crippen molar-refractivity contribution in [3.8, 4) is 11.5 Å². The first-order chi connectivity index (χ1) is 8.15. The topological polar surface area (TPSA) is 26.3 Å². The van der Waals surface area contributed by atoms with Crippen LogP contribution in [0.1, 0.15) is 22.8 Å². The van der Waals surface area contributed by atoms with Crippen LogP contribution >= 0.6 is 0 Å². The van der Waals surface area contributed by atoms with Crippen LogP contribution in [0, 0.1) is 6.92 Å². The van der Waals surface area contributed by atoms with E-state index in [9.17, 15) is 4.79 Å². The van der Waals surface area contributed by atoms with Crippen molar-refractivity contribution < 1.29 is 9.53 Å². The highest BCUT2D eigenvalue weighted by molar-refractivity contribution is 5.94. The standard InChI is InChI=1S/C15H14O2/c1-11-3-7-14(8-4-11)17-15-9-5-13(6-10-15)12(2)16/h3-10H,1-2H3. The van der Waals surface area contributed by atoms with E-state index in [0.29, 0.717) is 5.56 Å². The average molecular weight is 226 g/mol. The molecule has 0 aromatic heterocycles. The van der Waals surface area contributed by atoms with Crippen molar-refractivity contribution in [2.75, 3.05) is 0 Å². The molecule has 0 atom stereocenters. The van der Waals surface area contributed by atoms with Crippen LogP contribution in [0.3, 0.4) is 0 Å². The van der Waals surface area contributed by atoms with Crippen molar-refractivity contribution in [3.63, 3.8) is 0 Å². The Morgan fingerprint density at radius 2 is 1.35 bits per heavy atom. The fraction of sp³-hybridized carbons (Fsp3) is 0.133. The predicted molar refractivity (Wildman–Crippen MR) is 67.7 cm³/mol. The number of carbonyl (C=O) groups is 1. The molecule has 0 spiro atoms. The van der Waals surface area contributed by atoms with Crippen LogP contribution in [-0.2, 0) is 0 Å². The lowest BCUT2D eigenvalue weighted by atomic mass is 10.1. The van der Waals surface area contributed by atoms with Gasteiger partial charge in [-0.05, 0) is 50.2 Å². The zero-order valence-electron chi connectivity index (χ0n) is 9.94. The quantitative estimate of drug-likeness (QED) is 0.740. The lowest BCUT2D eigenvalue weighted by molar-refractivity contribution is 0.101. The minimum Gasteiger partial charge on any atom is -0.457 e. The number of Topliss-reactive ketones (excluding diaryl/α,β-unsaturated/α-hetero) is 1. The smallest absolute Gasteiger partial charge is 0.159 e. The molecular weight excluding hydrogens is 212 g/mol. The normalized spacial score (nSPS) is 10.0. The number of hydrogen-bond acceptors (Lipinski definition) is 2. The molecule has 0 amide bonds. The van der Waals surface area contributed by atoms with Gasteiger partial charge < -0.3 is 4.74 Å². The van der Waals surface area contributed by atoms with Gasteiger partial charge in [-0.2, -0.15) is 0 Å². The minimum atomic E-state index is 0.0619. The van der Waals surface area contributed by atoms with Crippen molar-refractivity contribution in [3.05, 3.63) is 59.7 Å². The molecule has 2 aromatic carbocycles. The van der Waals surface area contributed by atoms with Crippen LogP contribution in [0.5, 0.6) is 11.5 Å². The van der Waals surface area contributed by atoms with Crippen molar-refractivity contribution in [1.29, 1.82) is 0 Å². The Morgan fingerprint density at radius 3 is 1.82 bits per heavy atom. The number of carbonyl (C=O) groups excluding carboxylic acids is 1. The van der Waals surface area contributed by atoms with Crippen molar-refractivity contribution in [1.82, 2.24) is 0 Å². The molecule has 0 aliphatic carbocycles. The lowest BCUT2D eigenvalue weighted by Gasteiger charge is -2.06. The first kappa shape index (κ1) is 11.4. The molecule has 0 radical (unpaired) electrons. The van der Waals surface area contributed by atoms with Gasteiger partial charge in [0.1, 0.15) is 11.5 Å². The minimum absolute atomic E-state index is 0.0619. The molecule has 0 bridgehead atoms. The molecule has 2 rings (SSSR count). The second kappa shape index (κ2) is 4.83. The molecular formula is C15H14O2. The summed E-state index contributed by atoms with van der Waals surface area (Å²) in [6.45, 7) is 3.58. The van der Waals surface area contributed by atoms with Crippen molar-refractivity contribution >= 4 is 5.78 Å². The second-order valence-corrected chi connectivity index (χ2v) is 4.00. The SMILES string of the molecule is CC(=O)c1ccc(Oc2ccc(C)cc2)cc1. The van der Waals surface area contributed by atoms with E-state index in [4.69, 9.17) is 4.74 Å². The molecule has 0 aliphatic rings. The lowest BCUT2D eigenvalue weighted by Crippen LogP contribution is -1.91. The zero-order chi connectivity index (χ0) is 12.3. The largest absolute Gasteiger partial charge is 0.457 e. The third-order valence-corrected chi connectivity index (χ3v) is 2.52. The fourth-order valence-corrected chi connectivity index (χ4v) is 1.50. The number of ketones is 1. The molecule has 0 fully saturated rings. The molecule has 0 N–H and O–H groups in total. The summed E-state index contributed by atoms with van der Waals surface area (Å²) in [5.41, 5.74) is 1.89. The van der Waals surface area contributed by atoms with E-state index in [1.807, 2.05) is 31.2 Å². The molecule has 2 heteroatoms. The molecule has 2 aromatic rings. The van der Waals surface area contributed by atoms with Crippen LogP contribution in [0.2, 0.25) is 0 Å². The summed E-state index contributed by atoms with van der Waals surface area (Å²) >= 11 is 0. The van der Waals surface area contributed by atoms with E-state index in [-0.39, 0.29) is 5.78 Å². The van der Waals surface area contributed by atoms with E-state index >= 15 is 0 Å². The maximum atomic E-state index is 11.1. The molecule has 17 heavy (non-hydrogen) atoms.